The van der Waals surface area contributed by atoms with Crippen molar-refractivity contribution in [3.8, 4) is 0 Å². The highest BCUT2D eigenvalue weighted by atomic mass is 16.5. The number of benzene rings is 1. The van der Waals surface area contributed by atoms with Crippen LogP contribution in [0.4, 0.5) is 0 Å². The number of hydrogen-bond acceptors (Lipinski definition) is 3. The first-order valence-corrected chi connectivity index (χ1v) is 5.62. The van der Waals surface area contributed by atoms with Crippen molar-refractivity contribution in [3.05, 3.63) is 41.0 Å². The Bertz CT molecular complexity index is 407. The minimum absolute atomic E-state index is 0.305. The van der Waals surface area contributed by atoms with Gasteiger partial charge in [0.1, 0.15) is 0 Å². The number of likely N-dealkylation sites (N-methyl/N-ethyl adjacent to an activating group) is 1. The maximum absolute atomic E-state index is 11.3. The zero-order chi connectivity index (χ0) is 12.8. The number of methoxy groups -OCH3 is 1. The molecule has 1 unspecified atom stereocenters. The van der Waals surface area contributed by atoms with E-state index < -0.39 is 0 Å². The van der Waals surface area contributed by atoms with E-state index in [9.17, 15) is 4.79 Å². The van der Waals surface area contributed by atoms with Gasteiger partial charge in [-0.3, -0.25) is 0 Å². The summed E-state index contributed by atoms with van der Waals surface area (Å²) in [5, 5.41) is 3.18. The lowest BCUT2D eigenvalue weighted by Gasteiger charge is -2.10. The van der Waals surface area contributed by atoms with E-state index in [1.54, 1.807) is 12.1 Å². The standard InChI is InChI=1S/C14H19NO2/c1-10(11(2)15-3)9-12-5-7-13(8-6-12)14(16)17-4/h5-9,11,15H,1-4H3/b10-9+. The molecule has 0 fully saturated rings. The predicted molar refractivity (Wildman–Crippen MR) is 70.0 cm³/mol. The summed E-state index contributed by atoms with van der Waals surface area (Å²) in [5.74, 6) is -0.305. The largest absolute Gasteiger partial charge is 0.465 e. The first-order valence-electron chi connectivity index (χ1n) is 5.62. The van der Waals surface area contributed by atoms with Gasteiger partial charge < -0.3 is 10.1 Å². The molecule has 0 aromatic heterocycles. The normalized spacial score (nSPS) is 13.3. The lowest BCUT2D eigenvalue weighted by atomic mass is 10.1. The Hall–Kier alpha value is -1.61. The summed E-state index contributed by atoms with van der Waals surface area (Å²) in [6.07, 6.45) is 2.10. The number of ether oxygens (including phenoxy) is 1. The summed E-state index contributed by atoms with van der Waals surface area (Å²) in [6.45, 7) is 4.18. The Morgan fingerprint density at radius 1 is 1.35 bits per heavy atom. The third-order valence-electron chi connectivity index (χ3n) is 2.84. The van der Waals surface area contributed by atoms with Gasteiger partial charge in [0.2, 0.25) is 0 Å². The minimum Gasteiger partial charge on any atom is -0.465 e. The van der Waals surface area contributed by atoms with Crippen molar-refractivity contribution < 1.29 is 9.53 Å². The Balaban J connectivity index is 2.85. The molecule has 0 bridgehead atoms. The quantitative estimate of drug-likeness (QED) is 0.812. The Labute approximate surface area is 102 Å². The van der Waals surface area contributed by atoms with Gasteiger partial charge in [-0.25, -0.2) is 4.79 Å². The van der Waals surface area contributed by atoms with Crippen molar-refractivity contribution in [2.45, 2.75) is 19.9 Å². The lowest BCUT2D eigenvalue weighted by Crippen LogP contribution is -2.21. The summed E-state index contributed by atoms with van der Waals surface area (Å²) in [7, 11) is 3.32. The highest BCUT2D eigenvalue weighted by molar-refractivity contribution is 5.89. The topological polar surface area (TPSA) is 38.3 Å². The second-order valence-corrected chi connectivity index (χ2v) is 4.01. The molecule has 17 heavy (non-hydrogen) atoms. The van der Waals surface area contributed by atoms with Gasteiger partial charge in [-0.15, -0.1) is 0 Å². The van der Waals surface area contributed by atoms with Gasteiger partial charge in [0.25, 0.3) is 0 Å². The lowest BCUT2D eigenvalue weighted by molar-refractivity contribution is 0.0601. The molecular formula is C14H19NO2. The number of esters is 1. The van der Waals surface area contributed by atoms with Crippen LogP contribution >= 0.6 is 0 Å². The molecule has 0 aliphatic heterocycles. The van der Waals surface area contributed by atoms with Gasteiger partial charge in [-0.1, -0.05) is 23.8 Å². The fourth-order valence-electron chi connectivity index (χ4n) is 1.45. The number of rotatable bonds is 4. The molecule has 0 saturated heterocycles. The first-order chi connectivity index (χ1) is 8.08. The van der Waals surface area contributed by atoms with Gasteiger partial charge in [-0.05, 0) is 38.6 Å². The molecule has 1 atom stereocenters. The molecule has 0 radical (unpaired) electrons. The van der Waals surface area contributed by atoms with Crippen LogP contribution in [0.2, 0.25) is 0 Å². The average molecular weight is 233 g/mol. The summed E-state index contributed by atoms with van der Waals surface area (Å²) in [4.78, 5) is 11.3. The van der Waals surface area contributed by atoms with Crippen molar-refractivity contribution in [3.63, 3.8) is 0 Å². The van der Waals surface area contributed by atoms with Crippen LogP contribution in [0.1, 0.15) is 29.8 Å². The molecular weight excluding hydrogens is 214 g/mol. The van der Waals surface area contributed by atoms with Gasteiger partial charge in [0.05, 0.1) is 12.7 Å². The fourth-order valence-corrected chi connectivity index (χ4v) is 1.45. The van der Waals surface area contributed by atoms with Crippen LogP contribution in [0.15, 0.2) is 29.8 Å². The van der Waals surface area contributed by atoms with Gasteiger partial charge in [-0.2, -0.15) is 0 Å². The summed E-state index contributed by atoms with van der Waals surface area (Å²) in [6, 6.07) is 7.72. The molecule has 1 aromatic rings. The summed E-state index contributed by atoms with van der Waals surface area (Å²) in [5.41, 5.74) is 2.90. The SMILES string of the molecule is CNC(C)/C(C)=C/c1ccc(C(=O)OC)cc1. The smallest absolute Gasteiger partial charge is 0.337 e. The fraction of sp³-hybridized carbons (Fsp3) is 0.357. The third kappa shape index (κ3) is 3.71. The zero-order valence-corrected chi connectivity index (χ0v) is 10.8. The molecule has 0 heterocycles. The molecule has 0 aliphatic rings. The first kappa shape index (κ1) is 13.5. The second kappa shape index (κ2) is 6.21. The molecule has 0 amide bonds. The van der Waals surface area contributed by atoms with E-state index in [-0.39, 0.29) is 5.97 Å². The van der Waals surface area contributed by atoms with E-state index in [0.717, 1.165) is 5.56 Å². The van der Waals surface area contributed by atoms with E-state index in [4.69, 9.17) is 0 Å². The number of carbonyl (C=O) groups excluding carboxylic acids is 1. The molecule has 0 aliphatic carbocycles. The number of nitrogens with one attached hydrogen (secondary N) is 1. The van der Waals surface area contributed by atoms with Crippen LogP contribution in [-0.4, -0.2) is 26.2 Å². The molecule has 1 rings (SSSR count). The van der Waals surface area contributed by atoms with Crippen molar-refractivity contribution in [2.24, 2.45) is 0 Å². The molecule has 1 N–H and O–H groups in total. The maximum Gasteiger partial charge on any atom is 0.337 e. The number of hydrogen-bond donors (Lipinski definition) is 1. The summed E-state index contributed by atoms with van der Waals surface area (Å²) >= 11 is 0. The Morgan fingerprint density at radius 2 is 1.94 bits per heavy atom. The van der Waals surface area contributed by atoms with Crippen LogP contribution in [0.3, 0.4) is 0 Å². The van der Waals surface area contributed by atoms with E-state index in [2.05, 4.69) is 30.0 Å². The Kier molecular flexibility index (Phi) is 4.91. The van der Waals surface area contributed by atoms with Crippen molar-refractivity contribution >= 4 is 12.0 Å². The Morgan fingerprint density at radius 3 is 2.41 bits per heavy atom. The van der Waals surface area contributed by atoms with Gasteiger partial charge >= 0.3 is 5.97 Å². The molecule has 0 spiro atoms. The van der Waals surface area contributed by atoms with Crippen LogP contribution in [0.25, 0.3) is 6.08 Å². The van der Waals surface area contributed by atoms with Crippen LogP contribution in [0, 0.1) is 0 Å². The van der Waals surface area contributed by atoms with Gasteiger partial charge in [0.15, 0.2) is 0 Å². The molecule has 0 saturated carbocycles. The highest BCUT2D eigenvalue weighted by Crippen LogP contribution is 2.11. The van der Waals surface area contributed by atoms with Crippen molar-refractivity contribution in [2.75, 3.05) is 14.2 Å². The van der Waals surface area contributed by atoms with E-state index in [1.165, 1.54) is 12.7 Å². The van der Waals surface area contributed by atoms with E-state index in [1.807, 2.05) is 19.2 Å². The van der Waals surface area contributed by atoms with E-state index >= 15 is 0 Å². The van der Waals surface area contributed by atoms with Crippen molar-refractivity contribution in [1.29, 1.82) is 0 Å². The summed E-state index contributed by atoms with van der Waals surface area (Å²) < 4.78 is 4.65. The highest BCUT2D eigenvalue weighted by Gasteiger charge is 2.04. The van der Waals surface area contributed by atoms with Crippen LogP contribution in [-0.2, 0) is 4.74 Å². The second-order valence-electron chi connectivity index (χ2n) is 4.01. The molecule has 3 nitrogen and oxygen atoms in total. The zero-order valence-electron chi connectivity index (χ0n) is 10.8. The van der Waals surface area contributed by atoms with Gasteiger partial charge in [0, 0.05) is 6.04 Å². The average Bonchev–Trinajstić information content (AvgIpc) is 2.37. The monoisotopic (exact) mass is 233 g/mol. The van der Waals surface area contributed by atoms with Crippen LogP contribution in [0.5, 0.6) is 0 Å². The minimum atomic E-state index is -0.305. The van der Waals surface area contributed by atoms with E-state index in [0.29, 0.717) is 11.6 Å². The number of carbonyl (C=O) groups is 1. The van der Waals surface area contributed by atoms with Crippen LogP contribution < -0.4 is 5.32 Å². The third-order valence-corrected chi connectivity index (χ3v) is 2.84. The predicted octanol–water partition coefficient (Wildman–Crippen LogP) is 2.48. The molecule has 92 valence electrons. The maximum atomic E-state index is 11.3. The molecule has 3 heteroatoms. The van der Waals surface area contributed by atoms with Crippen molar-refractivity contribution in [1.82, 2.24) is 5.32 Å². The molecule has 1 aromatic carbocycles.